The van der Waals surface area contributed by atoms with Gasteiger partial charge in [0, 0.05) is 28.3 Å². The zero-order valence-corrected chi connectivity index (χ0v) is 16.8. The second-order valence-corrected chi connectivity index (χ2v) is 8.35. The van der Waals surface area contributed by atoms with E-state index < -0.39 is 17.8 Å². The van der Waals surface area contributed by atoms with E-state index in [1.165, 1.54) is 28.6 Å². The lowest BCUT2D eigenvalue weighted by atomic mass is 9.86. The summed E-state index contributed by atoms with van der Waals surface area (Å²) >= 11 is 2.45. The fourth-order valence-electron chi connectivity index (χ4n) is 3.26. The molecule has 2 atom stereocenters. The Morgan fingerprint density at radius 2 is 2.21 bits per heavy atom. The Morgan fingerprint density at radius 1 is 1.45 bits per heavy atom. The molecule has 0 bridgehead atoms. The summed E-state index contributed by atoms with van der Waals surface area (Å²) in [4.78, 5) is 27.8. The van der Waals surface area contributed by atoms with Gasteiger partial charge in [0.2, 0.25) is 0 Å². The number of fused-ring (bicyclic) bond motifs is 1. The quantitative estimate of drug-likeness (QED) is 0.638. The van der Waals surface area contributed by atoms with Crippen molar-refractivity contribution in [2.75, 3.05) is 12.4 Å². The summed E-state index contributed by atoms with van der Waals surface area (Å²) in [5.41, 5.74) is 1.15. The molecule has 2 unspecified atom stereocenters. The molecule has 0 spiro atoms. The summed E-state index contributed by atoms with van der Waals surface area (Å²) in [6.07, 6.45) is 1.65. The highest BCUT2D eigenvalue weighted by Crippen LogP contribution is 2.45. The average molecular weight is 430 g/mol. The number of nitrogens with one attached hydrogen (secondary N) is 1. The van der Waals surface area contributed by atoms with Crippen LogP contribution < -0.4 is 4.87 Å². The first-order valence-corrected chi connectivity index (χ1v) is 10.6. The summed E-state index contributed by atoms with van der Waals surface area (Å²) in [6, 6.07) is 7.97. The average Bonchev–Trinajstić information content (AvgIpc) is 3.31. The van der Waals surface area contributed by atoms with Gasteiger partial charge in [0.15, 0.2) is 5.69 Å². The number of rotatable bonds is 4. The van der Waals surface area contributed by atoms with E-state index in [1.807, 2.05) is 0 Å². The van der Waals surface area contributed by atoms with E-state index in [1.54, 1.807) is 25.3 Å². The molecule has 0 fully saturated rings. The van der Waals surface area contributed by atoms with Crippen LogP contribution in [0.1, 0.15) is 33.8 Å². The van der Waals surface area contributed by atoms with Crippen LogP contribution in [-0.4, -0.2) is 33.1 Å². The molecule has 10 heteroatoms. The van der Waals surface area contributed by atoms with Gasteiger partial charge in [-0.15, -0.1) is 11.8 Å². The molecule has 2 aromatic heterocycles. The lowest BCUT2D eigenvalue weighted by molar-refractivity contribution is 0.0517. The molecule has 148 valence electrons. The molecule has 3 aromatic rings. The first kappa shape index (κ1) is 19.4. The maximum atomic E-state index is 13.3. The zero-order valence-electron chi connectivity index (χ0n) is 15.2. The van der Waals surface area contributed by atoms with E-state index in [-0.39, 0.29) is 23.0 Å². The van der Waals surface area contributed by atoms with Gasteiger partial charge in [-0.2, -0.15) is 10.4 Å². The lowest BCUT2D eigenvalue weighted by Crippen LogP contribution is -2.21. The van der Waals surface area contributed by atoms with E-state index in [9.17, 15) is 19.2 Å². The highest BCUT2D eigenvalue weighted by molar-refractivity contribution is 7.99. The van der Waals surface area contributed by atoms with E-state index >= 15 is 0 Å². The molecule has 0 aliphatic carbocycles. The van der Waals surface area contributed by atoms with Crippen LogP contribution >= 0.6 is 23.1 Å². The van der Waals surface area contributed by atoms with Crippen molar-refractivity contribution in [3.63, 3.8) is 0 Å². The van der Waals surface area contributed by atoms with Crippen LogP contribution in [-0.2, 0) is 4.74 Å². The Bertz CT molecular complexity index is 1160. The number of H-pyrrole nitrogens is 1. The molecule has 0 amide bonds. The van der Waals surface area contributed by atoms with Gasteiger partial charge in [-0.1, -0.05) is 11.3 Å². The van der Waals surface area contributed by atoms with Crippen molar-refractivity contribution in [3.8, 4) is 11.8 Å². The van der Waals surface area contributed by atoms with Crippen molar-refractivity contribution in [1.29, 1.82) is 5.26 Å². The van der Waals surface area contributed by atoms with Gasteiger partial charge in [-0.05, 0) is 31.2 Å². The fourth-order valence-corrected chi connectivity index (χ4v) is 5.59. The summed E-state index contributed by atoms with van der Waals surface area (Å²) in [5.74, 6) is -1.46. The predicted molar refractivity (Wildman–Crippen MR) is 106 cm³/mol. The highest BCUT2D eigenvalue weighted by atomic mass is 32.2. The van der Waals surface area contributed by atoms with Gasteiger partial charge in [-0.25, -0.2) is 13.9 Å². The summed E-state index contributed by atoms with van der Waals surface area (Å²) in [6.45, 7) is 1.87. The van der Waals surface area contributed by atoms with Crippen molar-refractivity contribution in [2.24, 2.45) is 5.92 Å². The molecular formula is C19H15FN4O3S2. The number of aromatic amines is 1. The smallest absolute Gasteiger partial charge is 0.359 e. The number of hydrogen-bond donors (Lipinski definition) is 1. The van der Waals surface area contributed by atoms with E-state index in [0.717, 1.165) is 11.3 Å². The molecule has 1 N–H and O–H groups in total. The van der Waals surface area contributed by atoms with E-state index in [4.69, 9.17) is 4.74 Å². The molecule has 7 nitrogen and oxygen atoms in total. The number of nitrogens with zero attached hydrogens (tertiary/aromatic N) is 3. The maximum Gasteiger partial charge on any atom is 0.359 e. The number of thiazole rings is 1. The third-order valence-electron chi connectivity index (χ3n) is 4.54. The van der Waals surface area contributed by atoms with Crippen molar-refractivity contribution in [1.82, 2.24) is 14.8 Å². The van der Waals surface area contributed by atoms with Crippen LogP contribution in [0.2, 0.25) is 0 Å². The number of ether oxygens (including phenoxy) is 1. The molecule has 1 aromatic carbocycles. The van der Waals surface area contributed by atoms with Gasteiger partial charge in [0.05, 0.1) is 29.3 Å². The zero-order chi connectivity index (χ0) is 20.5. The summed E-state index contributed by atoms with van der Waals surface area (Å²) < 4.78 is 19.9. The van der Waals surface area contributed by atoms with Crippen molar-refractivity contribution in [3.05, 3.63) is 62.1 Å². The second-order valence-electron chi connectivity index (χ2n) is 6.31. The number of nitriles is 1. The fraction of sp³-hybridized carbons (Fsp3) is 0.263. The lowest BCUT2D eigenvalue weighted by Gasteiger charge is -2.25. The normalized spacial score (nSPS) is 18.1. The maximum absolute atomic E-state index is 13.3. The summed E-state index contributed by atoms with van der Waals surface area (Å²) in [7, 11) is 0. The minimum absolute atomic E-state index is 0.0834. The highest BCUT2D eigenvalue weighted by Gasteiger charge is 2.38. The third-order valence-corrected chi connectivity index (χ3v) is 6.77. The monoisotopic (exact) mass is 430 g/mol. The molecule has 1 aliphatic heterocycles. The SMILES string of the molecule is CCOC(=O)c1nn(-c2ccc(F)cc2)cc1C1c2sc(=O)[nH]c2SCC1C#N. The van der Waals surface area contributed by atoms with Crippen molar-refractivity contribution in [2.45, 2.75) is 17.9 Å². The number of hydrogen-bond acceptors (Lipinski definition) is 7. The topological polar surface area (TPSA) is 101 Å². The van der Waals surface area contributed by atoms with Crippen LogP contribution in [0.15, 0.2) is 40.3 Å². The Kier molecular flexibility index (Phi) is 5.25. The van der Waals surface area contributed by atoms with Gasteiger partial charge in [0.1, 0.15) is 5.82 Å². The number of aromatic nitrogens is 3. The molecule has 0 saturated carbocycles. The van der Waals surface area contributed by atoms with Crippen LogP contribution in [0.4, 0.5) is 4.39 Å². The minimum atomic E-state index is -0.609. The molecule has 29 heavy (non-hydrogen) atoms. The Balaban J connectivity index is 1.89. The molecule has 0 saturated heterocycles. The number of esters is 1. The number of halogens is 1. The molecule has 1 aliphatic rings. The number of carbonyl (C=O) groups is 1. The van der Waals surface area contributed by atoms with Gasteiger partial charge < -0.3 is 9.72 Å². The predicted octanol–water partition coefficient (Wildman–Crippen LogP) is 3.32. The first-order valence-electron chi connectivity index (χ1n) is 8.79. The van der Waals surface area contributed by atoms with Gasteiger partial charge >= 0.3 is 10.8 Å². The first-order chi connectivity index (χ1) is 14.0. The number of benzene rings is 1. The molecule has 0 radical (unpaired) electrons. The summed E-state index contributed by atoms with van der Waals surface area (Å²) in [5, 5.41) is 14.8. The number of thioether (sulfide) groups is 1. The second kappa shape index (κ2) is 7.85. The van der Waals surface area contributed by atoms with Gasteiger partial charge in [-0.3, -0.25) is 4.79 Å². The van der Waals surface area contributed by atoms with E-state index in [2.05, 4.69) is 16.2 Å². The Labute approximate surface area is 173 Å². The molecular weight excluding hydrogens is 415 g/mol. The standard InChI is InChI=1S/C19H15FN4O3S2/c1-2-27-18(25)15-13(8-24(23-15)12-5-3-11(20)4-6-12)14-10(7-21)9-28-17-16(14)29-19(26)22-17/h3-6,8,10,14H,2,9H2,1H3,(H,22,26). The minimum Gasteiger partial charge on any atom is -0.461 e. The number of carbonyl (C=O) groups excluding carboxylic acids is 1. The van der Waals surface area contributed by atoms with Crippen molar-refractivity contribution >= 4 is 29.1 Å². The van der Waals surface area contributed by atoms with Crippen LogP contribution in [0.25, 0.3) is 5.69 Å². The van der Waals surface area contributed by atoms with Crippen molar-refractivity contribution < 1.29 is 13.9 Å². The van der Waals surface area contributed by atoms with E-state index in [0.29, 0.717) is 26.9 Å². The van der Waals surface area contributed by atoms with Crippen LogP contribution in [0, 0.1) is 23.1 Å². The Morgan fingerprint density at radius 3 is 2.90 bits per heavy atom. The van der Waals surface area contributed by atoms with Gasteiger partial charge in [0.25, 0.3) is 0 Å². The largest absolute Gasteiger partial charge is 0.461 e. The van der Waals surface area contributed by atoms with Crippen LogP contribution in [0.5, 0.6) is 0 Å². The molecule has 3 heterocycles. The molecule has 4 rings (SSSR count). The van der Waals surface area contributed by atoms with Crippen LogP contribution in [0.3, 0.4) is 0 Å². The third kappa shape index (κ3) is 3.59. The Hall–Kier alpha value is -2.90.